The number of rotatable bonds is 3. The molecule has 1 N–H and O–H groups in total. The Morgan fingerprint density at radius 1 is 1.53 bits per heavy atom. The van der Waals surface area contributed by atoms with E-state index in [9.17, 15) is 9.18 Å². The van der Waals surface area contributed by atoms with Gasteiger partial charge in [-0.25, -0.2) is 4.39 Å². The third kappa shape index (κ3) is 3.67. The quantitative estimate of drug-likeness (QED) is 0.924. The van der Waals surface area contributed by atoms with Crippen molar-refractivity contribution in [3.63, 3.8) is 0 Å². The molecular formula is C14H20ClFN2O. The number of carbonyl (C=O) groups is 1. The van der Waals surface area contributed by atoms with E-state index in [-0.39, 0.29) is 23.9 Å². The van der Waals surface area contributed by atoms with E-state index in [1.54, 1.807) is 17.0 Å². The van der Waals surface area contributed by atoms with Crippen LogP contribution in [0.25, 0.3) is 0 Å². The zero-order valence-corrected chi connectivity index (χ0v) is 12.1. The van der Waals surface area contributed by atoms with Crippen LogP contribution in [0.5, 0.6) is 0 Å². The molecule has 2 rings (SSSR count). The molecule has 1 aliphatic heterocycles. The van der Waals surface area contributed by atoms with Gasteiger partial charge in [0, 0.05) is 13.1 Å². The Labute approximate surface area is 119 Å². The highest BCUT2D eigenvalue weighted by molar-refractivity contribution is 5.94. The summed E-state index contributed by atoms with van der Waals surface area (Å²) in [5.74, 6) is -0.129. The minimum atomic E-state index is -0.419. The van der Waals surface area contributed by atoms with E-state index in [2.05, 4.69) is 5.32 Å². The zero-order chi connectivity index (χ0) is 13.1. The Hall–Kier alpha value is -1.13. The van der Waals surface area contributed by atoms with Gasteiger partial charge in [-0.3, -0.25) is 4.79 Å². The summed E-state index contributed by atoms with van der Waals surface area (Å²) in [7, 11) is 1.91. The van der Waals surface area contributed by atoms with Gasteiger partial charge in [-0.15, -0.1) is 12.4 Å². The number of nitrogens with one attached hydrogen (secondary N) is 1. The van der Waals surface area contributed by atoms with Crippen LogP contribution in [-0.4, -0.2) is 37.5 Å². The van der Waals surface area contributed by atoms with E-state index in [4.69, 9.17) is 0 Å². The Bertz CT molecular complexity index is 453. The molecule has 0 spiro atoms. The Morgan fingerprint density at radius 3 is 2.89 bits per heavy atom. The number of hydrogen-bond acceptors (Lipinski definition) is 2. The molecule has 1 atom stereocenters. The maximum Gasteiger partial charge on any atom is 0.256 e. The highest BCUT2D eigenvalue weighted by Crippen LogP contribution is 2.20. The van der Waals surface area contributed by atoms with Crippen molar-refractivity contribution < 1.29 is 9.18 Å². The predicted octanol–water partition coefficient (Wildman–Crippen LogP) is 2.24. The number of hydrogen-bond donors (Lipinski definition) is 1. The van der Waals surface area contributed by atoms with Gasteiger partial charge in [-0.2, -0.15) is 0 Å². The van der Waals surface area contributed by atoms with Crippen molar-refractivity contribution in [3.05, 3.63) is 35.1 Å². The lowest BCUT2D eigenvalue weighted by Gasteiger charge is -2.17. The first-order valence-corrected chi connectivity index (χ1v) is 6.32. The molecule has 1 aromatic rings. The van der Waals surface area contributed by atoms with Gasteiger partial charge in [0.1, 0.15) is 5.82 Å². The topological polar surface area (TPSA) is 32.3 Å². The van der Waals surface area contributed by atoms with E-state index in [1.807, 2.05) is 14.0 Å². The van der Waals surface area contributed by atoms with Crippen molar-refractivity contribution in [1.29, 1.82) is 0 Å². The fourth-order valence-corrected chi connectivity index (χ4v) is 2.44. The molecule has 0 radical (unpaired) electrons. The van der Waals surface area contributed by atoms with E-state index >= 15 is 0 Å². The van der Waals surface area contributed by atoms with Crippen LogP contribution in [0.2, 0.25) is 0 Å². The number of halogens is 2. The highest BCUT2D eigenvalue weighted by Gasteiger charge is 2.27. The molecule has 1 aliphatic rings. The van der Waals surface area contributed by atoms with Gasteiger partial charge in [0.2, 0.25) is 0 Å². The van der Waals surface area contributed by atoms with Crippen molar-refractivity contribution >= 4 is 18.3 Å². The summed E-state index contributed by atoms with van der Waals surface area (Å²) in [4.78, 5) is 13.9. The first-order valence-electron chi connectivity index (χ1n) is 6.32. The van der Waals surface area contributed by atoms with Crippen molar-refractivity contribution in [2.45, 2.75) is 13.3 Å². The van der Waals surface area contributed by atoms with Crippen LogP contribution in [0.1, 0.15) is 22.3 Å². The number of carbonyl (C=O) groups excluding carboxylic acids is 1. The molecule has 106 valence electrons. The average molecular weight is 287 g/mol. The van der Waals surface area contributed by atoms with Gasteiger partial charge < -0.3 is 10.2 Å². The largest absolute Gasteiger partial charge is 0.338 e. The summed E-state index contributed by atoms with van der Waals surface area (Å²) in [6.07, 6.45) is 0.986. The molecule has 1 heterocycles. The average Bonchev–Trinajstić information content (AvgIpc) is 2.77. The highest BCUT2D eigenvalue weighted by atomic mass is 35.5. The van der Waals surface area contributed by atoms with Crippen LogP contribution in [0.15, 0.2) is 18.2 Å². The standard InChI is InChI=1S/C14H19FN2O.ClH/c1-10-3-4-12(13(15)7-10)14(18)17-6-5-11(9-17)8-16-2;/h3-4,7,11,16H,5-6,8-9H2,1-2H3;1H. The van der Waals surface area contributed by atoms with Crippen LogP contribution in [0.4, 0.5) is 4.39 Å². The summed E-state index contributed by atoms with van der Waals surface area (Å²) in [6, 6.07) is 4.77. The molecule has 1 saturated heterocycles. The lowest BCUT2D eigenvalue weighted by atomic mass is 10.1. The number of aryl methyl sites for hydroxylation is 1. The minimum absolute atomic E-state index is 0. The summed E-state index contributed by atoms with van der Waals surface area (Å²) in [6.45, 7) is 4.15. The number of likely N-dealkylation sites (tertiary alicyclic amines) is 1. The molecule has 3 nitrogen and oxygen atoms in total. The van der Waals surface area contributed by atoms with Crippen LogP contribution in [0, 0.1) is 18.7 Å². The van der Waals surface area contributed by atoms with Crippen molar-refractivity contribution in [1.82, 2.24) is 10.2 Å². The van der Waals surface area contributed by atoms with Crippen LogP contribution < -0.4 is 5.32 Å². The Balaban J connectivity index is 0.00000180. The number of nitrogens with zero attached hydrogens (tertiary/aromatic N) is 1. The third-order valence-electron chi connectivity index (χ3n) is 3.42. The van der Waals surface area contributed by atoms with Gasteiger partial charge in [0.05, 0.1) is 5.56 Å². The normalized spacial score (nSPS) is 18.3. The van der Waals surface area contributed by atoms with Gasteiger partial charge in [0.25, 0.3) is 5.91 Å². The molecule has 0 aliphatic carbocycles. The number of amides is 1. The Kier molecular flexibility index (Phi) is 5.76. The van der Waals surface area contributed by atoms with E-state index in [0.717, 1.165) is 25.1 Å². The molecule has 1 aromatic carbocycles. The van der Waals surface area contributed by atoms with Crippen molar-refractivity contribution in [3.8, 4) is 0 Å². The van der Waals surface area contributed by atoms with Gasteiger partial charge in [-0.05, 0) is 50.6 Å². The lowest BCUT2D eigenvalue weighted by molar-refractivity contribution is 0.0782. The molecule has 1 fully saturated rings. The van der Waals surface area contributed by atoms with Crippen LogP contribution in [0.3, 0.4) is 0 Å². The van der Waals surface area contributed by atoms with Gasteiger partial charge >= 0.3 is 0 Å². The molecule has 19 heavy (non-hydrogen) atoms. The molecule has 1 unspecified atom stereocenters. The van der Waals surface area contributed by atoms with Crippen molar-refractivity contribution in [2.24, 2.45) is 5.92 Å². The first-order chi connectivity index (χ1) is 8.61. The smallest absolute Gasteiger partial charge is 0.256 e. The lowest BCUT2D eigenvalue weighted by Crippen LogP contribution is -2.30. The Morgan fingerprint density at radius 2 is 2.26 bits per heavy atom. The van der Waals surface area contributed by atoms with Gasteiger partial charge in [-0.1, -0.05) is 6.07 Å². The predicted molar refractivity (Wildman–Crippen MR) is 76.3 cm³/mol. The minimum Gasteiger partial charge on any atom is -0.338 e. The molecular weight excluding hydrogens is 267 g/mol. The zero-order valence-electron chi connectivity index (χ0n) is 11.3. The van der Waals surface area contributed by atoms with Crippen LogP contribution in [-0.2, 0) is 0 Å². The summed E-state index contributed by atoms with van der Waals surface area (Å²) in [5, 5.41) is 3.12. The van der Waals surface area contributed by atoms with Crippen molar-refractivity contribution in [2.75, 3.05) is 26.7 Å². The molecule has 0 saturated carbocycles. The van der Waals surface area contributed by atoms with E-state index in [0.29, 0.717) is 12.5 Å². The maximum atomic E-state index is 13.7. The van der Waals surface area contributed by atoms with Crippen LogP contribution >= 0.6 is 12.4 Å². The summed E-state index contributed by atoms with van der Waals surface area (Å²) >= 11 is 0. The maximum absolute atomic E-state index is 13.7. The van der Waals surface area contributed by atoms with E-state index in [1.165, 1.54) is 6.07 Å². The molecule has 0 aromatic heterocycles. The fourth-order valence-electron chi connectivity index (χ4n) is 2.44. The summed E-state index contributed by atoms with van der Waals surface area (Å²) in [5.41, 5.74) is 1.02. The monoisotopic (exact) mass is 286 g/mol. The molecule has 0 bridgehead atoms. The second-order valence-electron chi connectivity index (χ2n) is 4.95. The SMILES string of the molecule is CNCC1CCN(C(=O)c2ccc(C)cc2F)C1.Cl. The first kappa shape index (κ1) is 15.9. The second-order valence-corrected chi connectivity index (χ2v) is 4.95. The van der Waals surface area contributed by atoms with E-state index < -0.39 is 5.82 Å². The third-order valence-corrected chi connectivity index (χ3v) is 3.42. The van der Waals surface area contributed by atoms with Gasteiger partial charge in [0.15, 0.2) is 0 Å². The fraction of sp³-hybridized carbons (Fsp3) is 0.500. The number of benzene rings is 1. The molecule has 5 heteroatoms. The summed E-state index contributed by atoms with van der Waals surface area (Å²) < 4.78 is 13.7. The molecule has 1 amide bonds. The second kappa shape index (κ2) is 6.87.